The van der Waals surface area contributed by atoms with Gasteiger partial charge in [-0.15, -0.1) is 0 Å². The Morgan fingerprint density at radius 3 is 2.69 bits per heavy atom. The zero-order chi connectivity index (χ0) is 10.0. The summed E-state index contributed by atoms with van der Waals surface area (Å²) in [4.78, 5) is 11.2. The molecule has 72 valence electrons. The highest BCUT2D eigenvalue weighted by Gasteiger charge is 2.17. The van der Waals surface area contributed by atoms with Crippen molar-refractivity contribution in [2.75, 3.05) is 0 Å². The Morgan fingerprint density at radius 1 is 1.46 bits per heavy atom. The third-order valence-electron chi connectivity index (χ3n) is 2.04. The van der Waals surface area contributed by atoms with Gasteiger partial charge in [0.1, 0.15) is 5.70 Å². The highest BCUT2D eigenvalue weighted by molar-refractivity contribution is 5.94. The smallest absolute Gasteiger partial charge is 0.274 e. The molecule has 0 saturated heterocycles. The molecule has 1 aliphatic rings. The molecule has 1 heterocycles. The van der Waals surface area contributed by atoms with E-state index in [-0.39, 0.29) is 11.6 Å². The van der Waals surface area contributed by atoms with Gasteiger partial charge in [-0.25, -0.2) is 0 Å². The summed E-state index contributed by atoms with van der Waals surface area (Å²) in [5.74, 6) is -0.0605. The van der Waals surface area contributed by atoms with E-state index in [2.05, 4.69) is 5.32 Å². The molecule has 1 amide bonds. The fraction of sp³-hybridized carbons (Fsp3) is 0.375. The quantitative estimate of drug-likeness (QED) is 0.388. The Morgan fingerprint density at radius 2 is 2.08 bits per heavy atom. The van der Waals surface area contributed by atoms with Crippen LogP contribution in [-0.4, -0.2) is 5.91 Å². The van der Waals surface area contributed by atoms with Crippen LogP contribution in [0.2, 0.25) is 0 Å². The average Bonchev–Trinajstić information content (AvgIpc) is 2.10. The number of amides is 1. The van der Waals surface area contributed by atoms with E-state index in [1.165, 1.54) is 0 Å². The molecule has 0 radical (unpaired) electrons. The van der Waals surface area contributed by atoms with Crippen LogP contribution in [-0.2, 0) is 4.79 Å². The number of hydrogen-bond donors (Lipinski definition) is 4. The van der Waals surface area contributed by atoms with Crippen LogP contribution in [0.4, 0.5) is 0 Å². The van der Waals surface area contributed by atoms with E-state index >= 15 is 0 Å². The average molecular weight is 182 g/mol. The van der Waals surface area contributed by atoms with E-state index in [1.54, 1.807) is 6.08 Å². The Bertz CT molecular complexity index is 293. The van der Waals surface area contributed by atoms with Crippen molar-refractivity contribution < 1.29 is 4.79 Å². The summed E-state index contributed by atoms with van der Waals surface area (Å²) < 4.78 is 0. The van der Waals surface area contributed by atoms with Gasteiger partial charge in [0.15, 0.2) is 0 Å². The summed E-state index contributed by atoms with van der Waals surface area (Å²) >= 11 is 0. The molecule has 0 bridgehead atoms. The van der Waals surface area contributed by atoms with E-state index in [0.29, 0.717) is 17.9 Å². The van der Waals surface area contributed by atoms with E-state index in [9.17, 15) is 4.79 Å². The molecule has 1 rings (SSSR count). The summed E-state index contributed by atoms with van der Waals surface area (Å²) in [7, 11) is 0. The van der Waals surface area contributed by atoms with E-state index in [1.807, 2.05) is 6.92 Å². The van der Waals surface area contributed by atoms with Crippen LogP contribution in [0.1, 0.15) is 13.3 Å². The van der Waals surface area contributed by atoms with Gasteiger partial charge in [0.2, 0.25) is 0 Å². The maximum Gasteiger partial charge on any atom is 0.274 e. The van der Waals surface area contributed by atoms with E-state index in [4.69, 9.17) is 17.2 Å². The molecule has 0 aliphatic carbocycles. The van der Waals surface area contributed by atoms with Crippen molar-refractivity contribution in [2.45, 2.75) is 13.3 Å². The first kappa shape index (κ1) is 9.44. The number of hydrogen-bond acceptors (Lipinski definition) is 4. The number of nitrogens with one attached hydrogen (secondary N) is 1. The molecule has 5 heteroatoms. The zero-order valence-corrected chi connectivity index (χ0v) is 7.50. The minimum atomic E-state index is -0.433. The van der Waals surface area contributed by atoms with Crippen LogP contribution >= 0.6 is 0 Å². The summed E-state index contributed by atoms with van der Waals surface area (Å²) in [5, 5.41) is 2.42. The van der Waals surface area contributed by atoms with Gasteiger partial charge in [0.05, 0.1) is 5.82 Å². The van der Waals surface area contributed by atoms with Crippen molar-refractivity contribution in [2.24, 2.45) is 23.1 Å². The first-order valence-electron chi connectivity index (χ1n) is 4.04. The predicted octanol–water partition coefficient (Wildman–Crippen LogP) is -0.928. The van der Waals surface area contributed by atoms with Gasteiger partial charge in [0.25, 0.3) is 5.91 Å². The van der Waals surface area contributed by atoms with Crippen LogP contribution < -0.4 is 22.5 Å². The third-order valence-corrected chi connectivity index (χ3v) is 2.04. The first-order valence-corrected chi connectivity index (χ1v) is 4.04. The first-order chi connectivity index (χ1) is 6.02. The fourth-order valence-electron chi connectivity index (χ4n) is 1.08. The number of nitrogens with two attached hydrogens (primary N) is 3. The maximum absolute atomic E-state index is 11.2. The molecule has 5 nitrogen and oxygen atoms in total. The van der Waals surface area contributed by atoms with Crippen LogP contribution in [0.25, 0.3) is 0 Å². The Balaban J connectivity index is 2.98. The van der Waals surface area contributed by atoms with Gasteiger partial charge in [-0.2, -0.15) is 0 Å². The molecule has 0 aromatic carbocycles. The topological polar surface area (TPSA) is 107 Å². The Kier molecular flexibility index (Phi) is 2.46. The second-order valence-corrected chi connectivity index (χ2v) is 3.12. The largest absolute Gasteiger partial charge is 0.400 e. The number of rotatable bonds is 0. The second-order valence-electron chi connectivity index (χ2n) is 3.12. The third kappa shape index (κ3) is 1.93. The fourth-order valence-corrected chi connectivity index (χ4v) is 1.08. The minimum Gasteiger partial charge on any atom is -0.400 e. The van der Waals surface area contributed by atoms with Gasteiger partial charge in [-0.3, -0.25) is 4.79 Å². The SMILES string of the molecule is CC1C/C=C(\N)NC(=O)/C(N)=C\1N. The Labute approximate surface area is 76.6 Å². The maximum atomic E-state index is 11.2. The van der Waals surface area contributed by atoms with Crippen molar-refractivity contribution in [1.29, 1.82) is 0 Å². The van der Waals surface area contributed by atoms with Crippen molar-refractivity contribution in [3.05, 3.63) is 23.3 Å². The van der Waals surface area contributed by atoms with Gasteiger partial charge in [-0.1, -0.05) is 6.92 Å². The van der Waals surface area contributed by atoms with Gasteiger partial charge in [-0.05, 0) is 12.5 Å². The summed E-state index contributed by atoms with van der Waals surface area (Å²) in [6.07, 6.45) is 2.40. The van der Waals surface area contributed by atoms with Crippen molar-refractivity contribution in [3.63, 3.8) is 0 Å². The Hall–Kier alpha value is -1.65. The summed E-state index contributed by atoms with van der Waals surface area (Å²) in [5.41, 5.74) is 17.1. The molecular formula is C8H14N4O. The van der Waals surface area contributed by atoms with Crippen LogP contribution in [0.15, 0.2) is 23.3 Å². The van der Waals surface area contributed by atoms with Crippen LogP contribution in [0.5, 0.6) is 0 Å². The standard InChI is InChI=1S/C8H14N4O/c1-4-2-3-5(9)12-8(13)7(11)6(4)10/h3-4H,2,9-11H2,1H3,(H,12,13)/b5-3+,7-6-. The molecule has 0 aromatic rings. The predicted molar refractivity (Wildman–Crippen MR) is 49.6 cm³/mol. The molecule has 0 saturated carbocycles. The minimum absolute atomic E-state index is 0.0459. The number of carbonyl (C=O) groups excluding carboxylic acids is 1. The molecule has 1 atom stereocenters. The molecule has 0 aromatic heterocycles. The molecule has 1 unspecified atom stereocenters. The highest BCUT2D eigenvalue weighted by atomic mass is 16.2. The molecule has 1 aliphatic heterocycles. The molecule has 0 spiro atoms. The lowest BCUT2D eigenvalue weighted by Crippen LogP contribution is -2.35. The normalized spacial score (nSPS) is 34.1. The lowest BCUT2D eigenvalue weighted by Gasteiger charge is -2.16. The van der Waals surface area contributed by atoms with Gasteiger partial charge in [0, 0.05) is 11.6 Å². The molecule has 0 fully saturated rings. The van der Waals surface area contributed by atoms with Crippen molar-refractivity contribution in [3.8, 4) is 0 Å². The monoisotopic (exact) mass is 182 g/mol. The number of carbonyl (C=O) groups is 1. The highest BCUT2D eigenvalue weighted by Crippen LogP contribution is 2.14. The number of allylic oxidation sites excluding steroid dienone is 2. The van der Waals surface area contributed by atoms with Crippen LogP contribution in [0.3, 0.4) is 0 Å². The molecule has 7 N–H and O–H groups in total. The summed E-state index contributed by atoms with van der Waals surface area (Å²) in [6.45, 7) is 1.89. The van der Waals surface area contributed by atoms with Gasteiger partial charge >= 0.3 is 0 Å². The van der Waals surface area contributed by atoms with Crippen molar-refractivity contribution in [1.82, 2.24) is 5.32 Å². The summed E-state index contributed by atoms with van der Waals surface area (Å²) in [6, 6.07) is 0. The van der Waals surface area contributed by atoms with Crippen molar-refractivity contribution >= 4 is 5.91 Å². The van der Waals surface area contributed by atoms with E-state index < -0.39 is 5.91 Å². The molecular weight excluding hydrogens is 168 g/mol. The molecule has 13 heavy (non-hydrogen) atoms. The van der Waals surface area contributed by atoms with E-state index in [0.717, 1.165) is 0 Å². The second kappa shape index (κ2) is 3.38. The van der Waals surface area contributed by atoms with Gasteiger partial charge < -0.3 is 22.5 Å². The lowest BCUT2D eigenvalue weighted by atomic mass is 10.0. The zero-order valence-electron chi connectivity index (χ0n) is 7.50. The van der Waals surface area contributed by atoms with Crippen LogP contribution in [0, 0.1) is 5.92 Å². The lowest BCUT2D eigenvalue weighted by molar-refractivity contribution is -0.117.